The van der Waals surface area contributed by atoms with Crippen LogP contribution in [-0.2, 0) is 21.4 Å². The fraction of sp³-hybridized carbons (Fsp3) is 0.556. The smallest absolute Gasteiger partial charge is 0.224 e. The molecule has 0 spiro atoms. The minimum absolute atomic E-state index is 0.0246. The van der Waals surface area contributed by atoms with E-state index in [1.54, 1.807) is 0 Å². The third-order valence-electron chi connectivity index (χ3n) is 2.64. The second kappa shape index (κ2) is 4.35. The van der Waals surface area contributed by atoms with Gasteiger partial charge in [-0.2, -0.15) is 0 Å². The van der Waals surface area contributed by atoms with E-state index in [4.69, 9.17) is 5.14 Å². The minimum atomic E-state index is -3.63. The average Bonchev–Trinajstić information content (AvgIpc) is 2.74. The number of hydrogen-bond donors (Lipinski definition) is 1. The molecule has 0 saturated carbocycles. The number of rotatable bonds is 3. The number of hydrogen-bond acceptors (Lipinski definition) is 5. The number of carbonyl (C=O) groups excluding carboxylic acids is 1. The summed E-state index contributed by atoms with van der Waals surface area (Å²) in [4.78, 5) is 17.4. The van der Waals surface area contributed by atoms with Gasteiger partial charge < -0.3 is 4.90 Å². The van der Waals surface area contributed by atoms with Crippen LogP contribution in [0.3, 0.4) is 0 Å². The average molecular weight is 275 g/mol. The first kappa shape index (κ1) is 12.5. The van der Waals surface area contributed by atoms with Crippen LogP contribution in [0.2, 0.25) is 0 Å². The van der Waals surface area contributed by atoms with Crippen molar-refractivity contribution in [3.05, 3.63) is 16.1 Å². The number of carbonyl (C=O) groups is 1. The van der Waals surface area contributed by atoms with Crippen molar-refractivity contribution in [2.75, 3.05) is 6.54 Å². The predicted octanol–water partition coefficient (Wildman–Crippen LogP) is -0.159. The number of aromatic nitrogens is 1. The van der Waals surface area contributed by atoms with Gasteiger partial charge >= 0.3 is 0 Å². The van der Waals surface area contributed by atoms with Gasteiger partial charge in [0.25, 0.3) is 0 Å². The number of aryl methyl sites for hydroxylation is 1. The van der Waals surface area contributed by atoms with Crippen LogP contribution in [0.4, 0.5) is 0 Å². The van der Waals surface area contributed by atoms with Crippen LogP contribution in [0.25, 0.3) is 0 Å². The van der Waals surface area contributed by atoms with Crippen LogP contribution in [-0.4, -0.2) is 36.0 Å². The molecule has 94 valence electrons. The van der Waals surface area contributed by atoms with Gasteiger partial charge in [-0.1, -0.05) is 0 Å². The van der Waals surface area contributed by atoms with Crippen molar-refractivity contribution >= 4 is 27.3 Å². The van der Waals surface area contributed by atoms with Crippen molar-refractivity contribution in [3.8, 4) is 0 Å². The predicted molar refractivity (Wildman–Crippen MR) is 63.8 cm³/mol. The highest BCUT2D eigenvalue weighted by molar-refractivity contribution is 7.89. The SMILES string of the molecule is Cc1csc(CN2CC(S(N)(=O)=O)CC2=O)n1. The molecule has 1 saturated heterocycles. The summed E-state index contributed by atoms with van der Waals surface area (Å²) in [6.07, 6.45) is -0.0246. The second-order valence-electron chi connectivity index (χ2n) is 4.07. The first-order valence-electron chi connectivity index (χ1n) is 5.06. The summed E-state index contributed by atoms with van der Waals surface area (Å²) in [7, 11) is -3.63. The summed E-state index contributed by atoms with van der Waals surface area (Å²) in [5.41, 5.74) is 0.902. The van der Waals surface area contributed by atoms with Gasteiger partial charge in [-0.15, -0.1) is 11.3 Å². The molecular formula is C9H13N3O3S2. The lowest BCUT2D eigenvalue weighted by molar-refractivity contribution is -0.128. The number of likely N-dealkylation sites (tertiary alicyclic amines) is 1. The Morgan fingerprint density at radius 1 is 1.65 bits per heavy atom. The Labute approximate surface area is 103 Å². The van der Waals surface area contributed by atoms with E-state index in [0.717, 1.165) is 10.7 Å². The Bertz CT molecular complexity index is 537. The van der Waals surface area contributed by atoms with Crippen LogP contribution in [0.5, 0.6) is 0 Å². The molecule has 1 amide bonds. The Balaban J connectivity index is 2.07. The maximum absolute atomic E-state index is 11.6. The maximum Gasteiger partial charge on any atom is 0.224 e. The number of nitrogens with zero attached hydrogens (tertiary/aromatic N) is 2. The zero-order chi connectivity index (χ0) is 12.6. The maximum atomic E-state index is 11.6. The lowest BCUT2D eigenvalue weighted by Gasteiger charge is -2.14. The molecule has 1 atom stereocenters. The van der Waals surface area contributed by atoms with Crippen molar-refractivity contribution in [1.82, 2.24) is 9.88 Å². The molecule has 0 aromatic carbocycles. The van der Waals surface area contributed by atoms with Crippen LogP contribution in [0.15, 0.2) is 5.38 Å². The minimum Gasteiger partial charge on any atom is -0.335 e. The first-order valence-corrected chi connectivity index (χ1v) is 7.55. The standard InChI is InChI=1S/C9H13N3O3S2/c1-6-5-16-8(11-6)4-12-3-7(2-9(12)13)17(10,14)15/h5,7H,2-4H2,1H3,(H2,10,14,15). The zero-order valence-corrected chi connectivity index (χ0v) is 10.9. The topological polar surface area (TPSA) is 93.4 Å². The van der Waals surface area contributed by atoms with Crippen molar-refractivity contribution in [2.45, 2.75) is 25.1 Å². The summed E-state index contributed by atoms with van der Waals surface area (Å²) < 4.78 is 22.3. The molecular weight excluding hydrogens is 262 g/mol. The van der Waals surface area contributed by atoms with Crippen LogP contribution in [0.1, 0.15) is 17.1 Å². The van der Waals surface area contributed by atoms with Gasteiger partial charge in [0.05, 0.1) is 6.54 Å². The van der Waals surface area contributed by atoms with Crippen LogP contribution < -0.4 is 5.14 Å². The molecule has 17 heavy (non-hydrogen) atoms. The molecule has 0 radical (unpaired) electrons. The molecule has 2 heterocycles. The summed E-state index contributed by atoms with van der Waals surface area (Å²) >= 11 is 1.46. The molecule has 1 unspecified atom stereocenters. The van der Waals surface area contributed by atoms with Gasteiger partial charge in [-0.3, -0.25) is 4.79 Å². The highest BCUT2D eigenvalue weighted by Crippen LogP contribution is 2.20. The summed E-state index contributed by atoms with van der Waals surface area (Å²) in [6.45, 7) is 2.40. The Kier molecular flexibility index (Phi) is 3.19. The van der Waals surface area contributed by atoms with E-state index < -0.39 is 15.3 Å². The molecule has 2 rings (SSSR count). The Morgan fingerprint density at radius 3 is 2.82 bits per heavy atom. The number of nitrogens with two attached hydrogens (primary N) is 1. The third-order valence-corrected chi connectivity index (χ3v) is 4.83. The van der Waals surface area contributed by atoms with E-state index in [2.05, 4.69) is 4.98 Å². The van der Waals surface area contributed by atoms with Crippen molar-refractivity contribution in [3.63, 3.8) is 0 Å². The largest absolute Gasteiger partial charge is 0.335 e. The number of primary sulfonamides is 1. The van der Waals surface area contributed by atoms with Gasteiger partial charge in [0.2, 0.25) is 15.9 Å². The highest BCUT2D eigenvalue weighted by Gasteiger charge is 2.36. The van der Waals surface area contributed by atoms with Crippen LogP contribution in [0, 0.1) is 6.92 Å². The molecule has 2 N–H and O–H groups in total. The van der Waals surface area contributed by atoms with Crippen molar-refractivity contribution in [1.29, 1.82) is 0 Å². The number of sulfonamides is 1. The first-order chi connectivity index (χ1) is 7.86. The van der Waals surface area contributed by atoms with Gasteiger partial charge in [-0.05, 0) is 6.92 Å². The van der Waals surface area contributed by atoms with E-state index in [0.29, 0.717) is 6.54 Å². The molecule has 1 aliphatic heterocycles. The summed E-state index contributed by atoms with van der Waals surface area (Å²) in [6, 6.07) is 0. The molecule has 1 fully saturated rings. The Hall–Kier alpha value is -0.990. The summed E-state index contributed by atoms with van der Waals surface area (Å²) in [5, 5.41) is 6.97. The quantitative estimate of drug-likeness (QED) is 0.829. The number of thiazole rings is 1. The van der Waals surface area contributed by atoms with E-state index in [1.165, 1.54) is 16.2 Å². The normalized spacial score (nSPS) is 21.2. The van der Waals surface area contributed by atoms with E-state index in [-0.39, 0.29) is 18.9 Å². The molecule has 0 aliphatic carbocycles. The van der Waals surface area contributed by atoms with E-state index in [9.17, 15) is 13.2 Å². The fourth-order valence-electron chi connectivity index (χ4n) is 1.75. The highest BCUT2D eigenvalue weighted by atomic mass is 32.2. The number of amides is 1. The Morgan fingerprint density at radius 2 is 2.35 bits per heavy atom. The monoisotopic (exact) mass is 275 g/mol. The van der Waals surface area contributed by atoms with Gasteiger partial charge in [0.1, 0.15) is 10.3 Å². The van der Waals surface area contributed by atoms with Crippen molar-refractivity contribution < 1.29 is 13.2 Å². The van der Waals surface area contributed by atoms with E-state index >= 15 is 0 Å². The summed E-state index contributed by atoms with van der Waals surface area (Å²) in [5.74, 6) is -0.183. The molecule has 8 heteroatoms. The fourth-order valence-corrected chi connectivity index (χ4v) is 3.30. The second-order valence-corrected chi connectivity index (χ2v) is 6.86. The van der Waals surface area contributed by atoms with Gasteiger partial charge in [0, 0.05) is 24.0 Å². The zero-order valence-electron chi connectivity index (χ0n) is 9.29. The van der Waals surface area contributed by atoms with Gasteiger partial charge in [-0.25, -0.2) is 18.5 Å². The molecule has 1 aromatic rings. The lowest BCUT2D eigenvalue weighted by Crippen LogP contribution is -2.31. The van der Waals surface area contributed by atoms with Crippen LogP contribution >= 0.6 is 11.3 Å². The third kappa shape index (κ3) is 2.82. The van der Waals surface area contributed by atoms with Crippen molar-refractivity contribution in [2.24, 2.45) is 5.14 Å². The lowest BCUT2D eigenvalue weighted by atomic mass is 10.4. The molecule has 0 bridgehead atoms. The molecule has 6 nitrogen and oxygen atoms in total. The molecule has 1 aliphatic rings. The molecule has 1 aromatic heterocycles. The van der Waals surface area contributed by atoms with Gasteiger partial charge in [0.15, 0.2) is 0 Å². The van der Waals surface area contributed by atoms with E-state index in [1.807, 2.05) is 12.3 Å².